The molecule has 4 heteroatoms. The van der Waals surface area contributed by atoms with Gasteiger partial charge in [0.25, 0.3) is 0 Å². The summed E-state index contributed by atoms with van der Waals surface area (Å²) in [7, 11) is 1.63. The second-order valence-electron chi connectivity index (χ2n) is 2.14. The molecule has 1 heterocycles. The van der Waals surface area contributed by atoms with E-state index in [9.17, 15) is 4.39 Å². The van der Waals surface area contributed by atoms with Crippen LogP contribution >= 0.6 is 11.6 Å². The summed E-state index contributed by atoms with van der Waals surface area (Å²) in [6.07, 6.45) is 0. The Morgan fingerprint density at radius 1 is 1.64 bits per heavy atom. The third-order valence-electron chi connectivity index (χ3n) is 1.36. The summed E-state index contributed by atoms with van der Waals surface area (Å²) in [5.41, 5.74) is 0.685. The van der Waals surface area contributed by atoms with Gasteiger partial charge in [0, 0.05) is 13.1 Å². The lowest BCUT2D eigenvalue weighted by atomic mass is 10.3. The SMILES string of the molecule is CNc1cc(Cl)nc(C)c1F. The van der Waals surface area contributed by atoms with Crippen LogP contribution in [-0.2, 0) is 0 Å². The highest BCUT2D eigenvalue weighted by molar-refractivity contribution is 6.29. The molecule has 0 radical (unpaired) electrons. The van der Waals surface area contributed by atoms with E-state index in [0.29, 0.717) is 16.5 Å². The molecule has 1 aromatic heterocycles. The molecule has 0 aliphatic rings. The zero-order valence-electron chi connectivity index (χ0n) is 6.28. The molecule has 0 aliphatic heterocycles. The van der Waals surface area contributed by atoms with E-state index in [1.165, 1.54) is 6.07 Å². The lowest BCUT2D eigenvalue weighted by Crippen LogP contribution is -1.97. The molecule has 0 aromatic carbocycles. The zero-order chi connectivity index (χ0) is 8.43. The Hall–Kier alpha value is -0.830. The smallest absolute Gasteiger partial charge is 0.167 e. The van der Waals surface area contributed by atoms with Crippen molar-refractivity contribution in [3.8, 4) is 0 Å². The minimum absolute atomic E-state index is 0.299. The Bertz CT molecular complexity index is 275. The van der Waals surface area contributed by atoms with Crippen molar-refractivity contribution >= 4 is 17.3 Å². The molecule has 60 valence electrons. The van der Waals surface area contributed by atoms with E-state index in [0.717, 1.165) is 0 Å². The number of aromatic nitrogens is 1. The fourth-order valence-electron chi connectivity index (χ4n) is 0.801. The molecule has 11 heavy (non-hydrogen) atoms. The van der Waals surface area contributed by atoms with Crippen molar-refractivity contribution in [3.63, 3.8) is 0 Å². The first kappa shape index (κ1) is 8.27. The molecule has 2 nitrogen and oxygen atoms in total. The van der Waals surface area contributed by atoms with Gasteiger partial charge >= 0.3 is 0 Å². The van der Waals surface area contributed by atoms with Crippen LogP contribution in [0.2, 0.25) is 5.15 Å². The van der Waals surface area contributed by atoms with Crippen molar-refractivity contribution in [2.75, 3.05) is 12.4 Å². The quantitative estimate of drug-likeness (QED) is 0.661. The summed E-state index contributed by atoms with van der Waals surface area (Å²) in [5, 5.41) is 2.98. The van der Waals surface area contributed by atoms with Crippen LogP contribution in [0.5, 0.6) is 0 Å². The van der Waals surface area contributed by atoms with Crippen molar-refractivity contribution in [1.82, 2.24) is 4.98 Å². The van der Waals surface area contributed by atoms with Crippen LogP contribution < -0.4 is 5.32 Å². The van der Waals surface area contributed by atoms with Crippen LogP contribution in [0.25, 0.3) is 0 Å². The van der Waals surface area contributed by atoms with Crippen LogP contribution in [0.1, 0.15) is 5.69 Å². The predicted molar refractivity (Wildman–Crippen MR) is 43.5 cm³/mol. The Morgan fingerprint density at radius 3 is 2.82 bits per heavy atom. The highest BCUT2D eigenvalue weighted by Crippen LogP contribution is 2.19. The first-order chi connectivity index (χ1) is 5.15. The maximum atomic E-state index is 13.0. The molecule has 0 saturated heterocycles. The molecule has 0 aliphatic carbocycles. The van der Waals surface area contributed by atoms with Gasteiger partial charge in [-0.1, -0.05) is 11.6 Å². The van der Waals surface area contributed by atoms with Crippen molar-refractivity contribution in [1.29, 1.82) is 0 Å². The molecular weight excluding hydrogens is 167 g/mol. The number of hydrogen-bond acceptors (Lipinski definition) is 2. The Balaban J connectivity index is 3.24. The summed E-state index contributed by atoms with van der Waals surface area (Å²) >= 11 is 5.58. The lowest BCUT2D eigenvalue weighted by Gasteiger charge is -2.03. The van der Waals surface area contributed by atoms with E-state index in [1.807, 2.05) is 0 Å². The Kier molecular flexibility index (Phi) is 2.29. The highest BCUT2D eigenvalue weighted by Gasteiger charge is 2.05. The molecule has 0 bridgehead atoms. The van der Waals surface area contributed by atoms with Crippen LogP contribution in [0.4, 0.5) is 10.1 Å². The fraction of sp³-hybridized carbons (Fsp3) is 0.286. The number of rotatable bonds is 1. The summed E-state index contributed by atoms with van der Waals surface area (Å²) in [5.74, 6) is -0.350. The third kappa shape index (κ3) is 1.60. The first-order valence-corrected chi connectivity index (χ1v) is 3.53. The average Bonchev–Trinajstić information content (AvgIpc) is 1.96. The molecule has 1 rings (SSSR count). The standard InChI is InChI=1S/C7H8ClFN2/c1-4-7(9)5(10-2)3-6(8)11-4/h3H,1-2H3,(H,10,11). The summed E-state index contributed by atoms with van der Waals surface area (Å²) in [6.45, 7) is 1.57. The van der Waals surface area contributed by atoms with Gasteiger partial charge in [-0.15, -0.1) is 0 Å². The van der Waals surface area contributed by atoms with Crippen LogP contribution in [0, 0.1) is 12.7 Å². The molecule has 0 amide bonds. The molecule has 1 N–H and O–H groups in total. The minimum Gasteiger partial charge on any atom is -0.386 e. The Labute approximate surface area is 69.4 Å². The molecule has 0 unspecified atom stereocenters. The molecule has 0 atom stereocenters. The van der Waals surface area contributed by atoms with Gasteiger partial charge in [0.1, 0.15) is 5.15 Å². The van der Waals surface area contributed by atoms with Crippen LogP contribution in [0.15, 0.2) is 6.07 Å². The summed E-state index contributed by atoms with van der Waals surface area (Å²) in [6, 6.07) is 1.45. The van der Waals surface area contributed by atoms with Crippen LogP contribution in [0.3, 0.4) is 0 Å². The van der Waals surface area contributed by atoms with Crippen molar-refractivity contribution in [2.45, 2.75) is 6.92 Å². The molecular formula is C7H8ClFN2. The van der Waals surface area contributed by atoms with E-state index < -0.39 is 0 Å². The highest BCUT2D eigenvalue weighted by atomic mass is 35.5. The van der Waals surface area contributed by atoms with Gasteiger partial charge in [-0.3, -0.25) is 0 Å². The minimum atomic E-state index is -0.350. The summed E-state index contributed by atoms with van der Waals surface area (Å²) in [4.78, 5) is 3.73. The maximum absolute atomic E-state index is 13.0. The fourth-order valence-corrected chi connectivity index (χ4v) is 1.04. The van der Waals surface area contributed by atoms with E-state index in [4.69, 9.17) is 11.6 Å². The number of anilines is 1. The molecule has 0 spiro atoms. The molecule has 0 fully saturated rings. The number of hydrogen-bond donors (Lipinski definition) is 1. The largest absolute Gasteiger partial charge is 0.386 e. The maximum Gasteiger partial charge on any atom is 0.167 e. The van der Waals surface area contributed by atoms with Crippen molar-refractivity contribution < 1.29 is 4.39 Å². The predicted octanol–water partition coefficient (Wildman–Crippen LogP) is 2.22. The van der Waals surface area contributed by atoms with Gasteiger partial charge in [-0.05, 0) is 6.92 Å². The van der Waals surface area contributed by atoms with Gasteiger partial charge in [-0.25, -0.2) is 9.37 Å². The number of aryl methyl sites for hydroxylation is 1. The van der Waals surface area contributed by atoms with Gasteiger partial charge in [0.05, 0.1) is 11.4 Å². The van der Waals surface area contributed by atoms with E-state index in [2.05, 4.69) is 10.3 Å². The number of nitrogens with zero attached hydrogens (tertiary/aromatic N) is 1. The lowest BCUT2D eigenvalue weighted by molar-refractivity contribution is 0.613. The van der Waals surface area contributed by atoms with E-state index in [-0.39, 0.29) is 5.82 Å². The average molecular weight is 175 g/mol. The van der Waals surface area contributed by atoms with Gasteiger partial charge in [0.15, 0.2) is 5.82 Å². The van der Waals surface area contributed by atoms with Gasteiger partial charge < -0.3 is 5.32 Å². The number of pyridine rings is 1. The zero-order valence-corrected chi connectivity index (χ0v) is 7.04. The number of halogens is 2. The third-order valence-corrected chi connectivity index (χ3v) is 1.56. The second kappa shape index (κ2) is 3.05. The molecule has 1 aromatic rings. The van der Waals surface area contributed by atoms with Crippen molar-refractivity contribution in [2.24, 2.45) is 0 Å². The van der Waals surface area contributed by atoms with E-state index >= 15 is 0 Å². The summed E-state index contributed by atoms with van der Waals surface area (Å²) < 4.78 is 13.0. The second-order valence-corrected chi connectivity index (χ2v) is 2.53. The number of nitrogens with one attached hydrogen (secondary N) is 1. The van der Waals surface area contributed by atoms with Crippen molar-refractivity contribution in [3.05, 3.63) is 22.7 Å². The van der Waals surface area contributed by atoms with Crippen LogP contribution in [-0.4, -0.2) is 12.0 Å². The monoisotopic (exact) mass is 174 g/mol. The molecule has 0 saturated carbocycles. The Morgan fingerprint density at radius 2 is 2.27 bits per heavy atom. The van der Waals surface area contributed by atoms with E-state index in [1.54, 1.807) is 14.0 Å². The first-order valence-electron chi connectivity index (χ1n) is 3.15. The topological polar surface area (TPSA) is 24.9 Å². The van der Waals surface area contributed by atoms with Gasteiger partial charge in [-0.2, -0.15) is 0 Å². The van der Waals surface area contributed by atoms with Gasteiger partial charge in [0.2, 0.25) is 0 Å². The normalized spacial score (nSPS) is 9.82.